The van der Waals surface area contributed by atoms with Crippen molar-refractivity contribution in [2.45, 2.75) is 37.8 Å². The number of alkyl halides is 2. The topological polar surface area (TPSA) is 68.5 Å². The van der Waals surface area contributed by atoms with Crippen LogP contribution in [-0.2, 0) is 17.8 Å². The number of nitrogens with zero attached hydrogens (tertiary/aromatic N) is 6. The van der Waals surface area contributed by atoms with Crippen molar-refractivity contribution in [3.05, 3.63) is 58.5 Å². The molecule has 0 amide bonds. The summed E-state index contributed by atoms with van der Waals surface area (Å²) in [7, 11) is 1.51. The Morgan fingerprint density at radius 3 is 2.67 bits per heavy atom. The highest BCUT2D eigenvalue weighted by atomic mass is 35.5. The molecule has 206 valence electrons. The van der Waals surface area contributed by atoms with Crippen LogP contribution in [0.15, 0.2) is 30.5 Å². The summed E-state index contributed by atoms with van der Waals surface area (Å²) in [6.45, 7) is 2.03. The second kappa shape index (κ2) is 9.07. The van der Waals surface area contributed by atoms with E-state index in [2.05, 4.69) is 24.6 Å². The summed E-state index contributed by atoms with van der Waals surface area (Å²) in [6, 6.07) is 6.95. The van der Waals surface area contributed by atoms with Gasteiger partial charge in [0.25, 0.3) is 5.92 Å². The number of methoxy groups -OCH3 is 1. The molecule has 12 heteroatoms. The number of rotatable bonds is 6. The zero-order chi connectivity index (χ0) is 26.9. The van der Waals surface area contributed by atoms with Gasteiger partial charge in [0.05, 0.1) is 51.2 Å². The van der Waals surface area contributed by atoms with E-state index >= 15 is 0 Å². The molecule has 1 aromatic carbocycles. The van der Waals surface area contributed by atoms with Crippen LogP contribution in [-0.4, -0.2) is 70.5 Å². The van der Waals surface area contributed by atoms with E-state index in [0.717, 1.165) is 43.0 Å². The van der Waals surface area contributed by atoms with Crippen molar-refractivity contribution in [1.82, 2.24) is 24.6 Å². The summed E-state index contributed by atoms with van der Waals surface area (Å²) in [6.07, 6.45) is 3.07. The Bertz CT molecular complexity index is 1420. The molecule has 2 aromatic heterocycles. The fourth-order valence-electron chi connectivity index (χ4n) is 6.51. The monoisotopic (exact) mass is 560 g/mol. The molecule has 3 fully saturated rings. The first-order valence-corrected chi connectivity index (χ1v) is 13.5. The molecule has 39 heavy (non-hydrogen) atoms. The van der Waals surface area contributed by atoms with Gasteiger partial charge in [0.15, 0.2) is 17.4 Å². The summed E-state index contributed by atoms with van der Waals surface area (Å²) in [5.74, 6) is -1.25. The van der Waals surface area contributed by atoms with Crippen LogP contribution in [0.3, 0.4) is 0 Å². The summed E-state index contributed by atoms with van der Waals surface area (Å²) in [5, 5.41) is 9.62. The number of fused-ring (bicyclic) bond motifs is 3. The van der Waals surface area contributed by atoms with E-state index in [1.54, 1.807) is 4.90 Å². The molecule has 2 saturated heterocycles. The zero-order valence-electron chi connectivity index (χ0n) is 21.4. The van der Waals surface area contributed by atoms with Crippen LogP contribution in [0.2, 0.25) is 5.02 Å². The van der Waals surface area contributed by atoms with E-state index in [-0.39, 0.29) is 37.6 Å². The molecule has 0 unspecified atom stereocenters. The summed E-state index contributed by atoms with van der Waals surface area (Å²) in [5.41, 5.74) is 1.90. The van der Waals surface area contributed by atoms with Crippen LogP contribution >= 0.6 is 11.6 Å². The van der Waals surface area contributed by atoms with Crippen LogP contribution in [0.4, 0.5) is 19.0 Å². The van der Waals surface area contributed by atoms with Gasteiger partial charge in [0.1, 0.15) is 11.6 Å². The second-order valence-electron chi connectivity index (χ2n) is 11.4. The third kappa shape index (κ3) is 4.25. The highest BCUT2D eigenvalue weighted by Crippen LogP contribution is 2.57. The number of hydrogen-bond donors (Lipinski definition) is 0. The number of ether oxygens (including phenoxy) is 2. The van der Waals surface area contributed by atoms with Gasteiger partial charge in [-0.25, -0.2) is 18.2 Å². The Balaban J connectivity index is 1.11. The molecule has 0 bridgehead atoms. The van der Waals surface area contributed by atoms with Crippen molar-refractivity contribution in [3.8, 4) is 11.4 Å². The van der Waals surface area contributed by atoms with E-state index in [9.17, 15) is 13.2 Å². The number of hydrogen-bond acceptors (Lipinski definition) is 7. The lowest BCUT2D eigenvalue weighted by Crippen LogP contribution is -2.62. The molecule has 4 aliphatic rings. The van der Waals surface area contributed by atoms with E-state index in [1.165, 1.54) is 19.4 Å². The molecular weight excluding hydrogens is 533 g/mol. The van der Waals surface area contributed by atoms with Crippen molar-refractivity contribution in [1.29, 1.82) is 0 Å². The first kappa shape index (κ1) is 25.1. The Morgan fingerprint density at radius 2 is 1.95 bits per heavy atom. The minimum absolute atomic E-state index is 0.0917. The predicted octanol–water partition coefficient (Wildman–Crippen LogP) is 4.44. The van der Waals surface area contributed by atoms with Crippen LogP contribution < -0.4 is 9.64 Å². The molecule has 8 nitrogen and oxygen atoms in total. The maximum Gasteiger partial charge on any atom is 0.267 e. The van der Waals surface area contributed by atoms with Crippen LogP contribution in [0.5, 0.6) is 5.75 Å². The molecule has 0 N–H and O–H groups in total. The first-order valence-electron chi connectivity index (χ1n) is 13.1. The van der Waals surface area contributed by atoms with Gasteiger partial charge >= 0.3 is 0 Å². The van der Waals surface area contributed by atoms with Gasteiger partial charge in [-0.1, -0.05) is 11.6 Å². The molecule has 7 rings (SSSR count). The van der Waals surface area contributed by atoms with Gasteiger partial charge in [-0.2, -0.15) is 0 Å². The Kier molecular flexibility index (Phi) is 5.84. The minimum atomic E-state index is -2.85. The summed E-state index contributed by atoms with van der Waals surface area (Å²) in [4.78, 5) is 8.09. The van der Waals surface area contributed by atoms with Gasteiger partial charge in [-0.3, -0.25) is 9.47 Å². The van der Waals surface area contributed by atoms with Gasteiger partial charge in [-0.15, -0.1) is 10.2 Å². The minimum Gasteiger partial charge on any atom is -0.493 e. The molecule has 5 heterocycles. The van der Waals surface area contributed by atoms with Crippen molar-refractivity contribution >= 4 is 17.4 Å². The van der Waals surface area contributed by atoms with Crippen molar-refractivity contribution in [2.75, 3.05) is 44.9 Å². The average Bonchev–Trinajstić information content (AvgIpc) is 3.12. The van der Waals surface area contributed by atoms with Gasteiger partial charge in [0, 0.05) is 42.1 Å². The lowest BCUT2D eigenvalue weighted by molar-refractivity contribution is -0.179. The maximum atomic E-state index is 14.9. The lowest BCUT2D eigenvalue weighted by Gasteiger charge is -2.59. The molecule has 3 aliphatic heterocycles. The van der Waals surface area contributed by atoms with Crippen LogP contribution in [0, 0.1) is 17.2 Å². The summed E-state index contributed by atoms with van der Waals surface area (Å²) >= 11 is 6.33. The molecule has 0 radical (unpaired) electrons. The number of aromatic nitrogens is 4. The average molecular weight is 561 g/mol. The third-order valence-electron chi connectivity index (χ3n) is 8.56. The van der Waals surface area contributed by atoms with Crippen molar-refractivity contribution in [3.63, 3.8) is 0 Å². The van der Waals surface area contributed by atoms with Crippen LogP contribution in [0.25, 0.3) is 5.69 Å². The highest BCUT2D eigenvalue weighted by molar-refractivity contribution is 6.30. The molecule has 1 spiro atoms. The zero-order valence-corrected chi connectivity index (χ0v) is 22.2. The van der Waals surface area contributed by atoms with Gasteiger partial charge < -0.3 is 14.4 Å². The Labute approximate surface area is 228 Å². The number of pyridine rings is 1. The number of benzene rings is 1. The number of anilines is 1. The van der Waals surface area contributed by atoms with Gasteiger partial charge in [0.2, 0.25) is 0 Å². The van der Waals surface area contributed by atoms with Gasteiger partial charge in [-0.05, 0) is 36.6 Å². The van der Waals surface area contributed by atoms with E-state index < -0.39 is 17.7 Å². The molecule has 1 aliphatic carbocycles. The quantitative estimate of drug-likeness (QED) is 0.441. The van der Waals surface area contributed by atoms with E-state index in [1.807, 2.05) is 18.2 Å². The standard InChI is InChI=1S/C27H28ClF3N6O2/c1-38-22-5-20(29)8-32-25(22)36-13-26(14-36)6-17(7-26)24-34-33-23-10-35(15-27(30,31)18-11-39-12-18)9-16-4-19(28)2-3-21(16)37(23)24/h2-5,8,17-18H,6-7,9-15H2,1H3. The predicted molar refractivity (Wildman–Crippen MR) is 137 cm³/mol. The first-order chi connectivity index (χ1) is 18.7. The number of halogens is 4. The molecule has 0 atom stereocenters. The van der Waals surface area contributed by atoms with Crippen molar-refractivity contribution < 1.29 is 22.6 Å². The largest absolute Gasteiger partial charge is 0.493 e. The smallest absolute Gasteiger partial charge is 0.267 e. The Morgan fingerprint density at radius 1 is 1.15 bits per heavy atom. The van der Waals surface area contributed by atoms with E-state index in [0.29, 0.717) is 29.0 Å². The fourth-order valence-corrected chi connectivity index (χ4v) is 6.71. The lowest BCUT2D eigenvalue weighted by atomic mass is 9.57. The molecular formula is C27H28ClF3N6O2. The maximum absolute atomic E-state index is 14.9. The fraction of sp³-hybridized carbons (Fsp3) is 0.519. The third-order valence-corrected chi connectivity index (χ3v) is 8.80. The normalized spacial score (nSPS) is 21.0. The van der Waals surface area contributed by atoms with Crippen molar-refractivity contribution in [2.24, 2.45) is 11.3 Å². The summed E-state index contributed by atoms with van der Waals surface area (Å²) < 4.78 is 55.9. The van der Waals surface area contributed by atoms with E-state index in [4.69, 9.17) is 21.1 Å². The Hall–Kier alpha value is -2.89. The van der Waals surface area contributed by atoms with Crippen LogP contribution in [0.1, 0.15) is 36.0 Å². The second-order valence-corrected chi connectivity index (χ2v) is 11.8. The highest BCUT2D eigenvalue weighted by Gasteiger charge is 2.55. The molecule has 3 aromatic rings. The SMILES string of the molecule is COc1cc(F)cnc1N1CC2(CC(c3nnc4n3-c3ccc(Cl)cc3CN(CC(F)(F)C3COC3)C4)C2)C1. The molecule has 1 saturated carbocycles.